The first-order valence-electron chi connectivity index (χ1n) is 6.20. The number of aliphatic carboxylic acids is 1. The van der Waals surface area contributed by atoms with Crippen LogP contribution in [0.2, 0.25) is 0 Å². The Labute approximate surface area is 147 Å². The van der Waals surface area contributed by atoms with Crippen molar-refractivity contribution in [2.75, 3.05) is 7.11 Å². The van der Waals surface area contributed by atoms with Gasteiger partial charge < -0.3 is 16.4 Å². The predicted octanol–water partition coefficient (Wildman–Crippen LogP) is -0.861. The fourth-order valence-electron chi connectivity index (χ4n) is 2.38. The third-order valence-corrected chi connectivity index (χ3v) is 3.35. The van der Waals surface area contributed by atoms with E-state index in [4.69, 9.17) is 4.74 Å². The molecule has 2 aromatic rings. The zero-order chi connectivity index (χ0) is 14.6. The van der Waals surface area contributed by atoms with Crippen molar-refractivity contribution < 1.29 is 50.7 Å². The first-order valence-corrected chi connectivity index (χ1v) is 6.20. The zero-order valence-corrected chi connectivity index (χ0v) is 14.1. The molecule has 4 nitrogen and oxygen atoms in total. The smallest absolute Gasteiger partial charge is 1.00 e. The molecular weight excluding hydrogens is 279 g/mol. The number of ether oxygens (including phenoxy) is 1. The molecule has 0 saturated heterocycles. The summed E-state index contributed by atoms with van der Waals surface area (Å²) in [6, 6.07) is 17.7. The van der Waals surface area contributed by atoms with E-state index in [1.807, 2.05) is 12.1 Å². The summed E-state index contributed by atoms with van der Waals surface area (Å²) in [6.07, 6.45) is -1.71. The summed E-state index contributed by atoms with van der Waals surface area (Å²) in [5.41, 5.74) is -0.263. The molecule has 0 radical (unpaired) electrons. The average molecular weight is 296 g/mol. The predicted molar refractivity (Wildman–Crippen MR) is 75.4 cm³/mol. The van der Waals surface area contributed by atoms with Crippen LogP contribution in [0.1, 0.15) is 12.6 Å². The number of methoxy groups -OCH3 is 1. The Balaban J connectivity index is 0.00000220. The molecule has 0 aliphatic rings. The van der Waals surface area contributed by atoms with Gasteiger partial charge >= 0.3 is 35.5 Å². The number of carbonyl (C=O) groups is 1. The fraction of sp³-hybridized carbons (Fsp3) is 0.188. The molecule has 0 amide bonds. The quantitative estimate of drug-likeness (QED) is 0.705. The molecule has 0 heterocycles. The molecule has 0 unspecified atom stereocenters. The second-order valence-electron chi connectivity index (χ2n) is 4.41. The molecule has 0 spiro atoms. The van der Waals surface area contributed by atoms with Crippen LogP contribution in [-0.2, 0) is 15.1 Å². The second kappa shape index (κ2) is 7.73. The molecule has 0 saturated carbocycles. The van der Waals surface area contributed by atoms with Gasteiger partial charge in [-0.1, -0.05) is 60.7 Å². The summed E-state index contributed by atoms with van der Waals surface area (Å²) in [5.74, 6) is -1.33. The minimum absolute atomic E-state index is 0. The van der Waals surface area contributed by atoms with Gasteiger partial charge in [0.1, 0.15) is 0 Å². The maximum absolute atomic E-state index is 11.3. The van der Waals surface area contributed by atoms with Gasteiger partial charge in [-0.25, -0.2) is 4.79 Å². The molecule has 0 aromatic heterocycles. The fourth-order valence-corrected chi connectivity index (χ4v) is 2.38. The Kier molecular flexibility index (Phi) is 6.58. The Hall–Kier alpha value is -1.17. The normalized spacial score (nSPS) is 12.3. The van der Waals surface area contributed by atoms with Crippen molar-refractivity contribution in [3.63, 3.8) is 0 Å². The van der Waals surface area contributed by atoms with E-state index in [1.165, 1.54) is 7.11 Å². The van der Waals surface area contributed by atoms with Crippen LogP contribution < -0.4 is 29.6 Å². The first kappa shape index (κ1) is 17.9. The van der Waals surface area contributed by atoms with Crippen LogP contribution in [-0.4, -0.2) is 29.4 Å². The van der Waals surface area contributed by atoms with E-state index in [9.17, 15) is 15.0 Å². The molecular formula is C16H17NaO4. The van der Waals surface area contributed by atoms with Gasteiger partial charge in [0.15, 0.2) is 11.7 Å². The molecule has 5 heteroatoms. The van der Waals surface area contributed by atoms with Crippen molar-refractivity contribution in [3.05, 3.63) is 71.8 Å². The summed E-state index contributed by atoms with van der Waals surface area (Å²) >= 11 is 0. The van der Waals surface area contributed by atoms with E-state index in [0.29, 0.717) is 11.1 Å². The van der Waals surface area contributed by atoms with Crippen LogP contribution in [0.4, 0.5) is 0 Å². The largest absolute Gasteiger partial charge is 1.00 e. The minimum Gasteiger partial charge on any atom is -1.00 e. The van der Waals surface area contributed by atoms with Crippen molar-refractivity contribution in [2.45, 2.75) is 11.7 Å². The van der Waals surface area contributed by atoms with Gasteiger partial charge in [-0.3, -0.25) is 0 Å². The minimum atomic E-state index is -1.71. The molecule has 106 valence electrons. The number of carboxylic acid groups (broad SMARTS) is 1. The molecule has 1 atom stereocenters. The van der Waals surface area contributed by atoms with E-state index in [2.05, 4.69) is 0 Å². The molecule has 21 heavy (non-hydrogen) atoms. The molecule has 2 aromatic carbocycles. The summed E-state index contributed by atoms with van der Waals surface area (Å²) in [5, 5.41) is 19.5. The molecule has 0 bridgehead atoms. The maximum Gasteiger partial charge on any atom is 1.00 e. The number of benzene rings is 2. The topological polar surface area (TPSA) is 66.8 Å². The summed E-state index contributed by atoms with van der Waals surface area (Å²) in [4.78, 5) is 11.3. The van der Waals surface area contributed by atoms with Crippen molar-refractivity contribution in [2.24, 2.45) is 0 Å². The van der Waals surface area contributed by atoms with Gasteiger partial charge in [0.05, 0.1) is 0 Å². The summed E-state index contributed by atoms with van der Waals surface area (Å²) in [7, 11) is 1.40. The van der Waals surface area contributed by atoms with Gasteiger partial charge in [-0.05, 0) is 11.1 Å². The Morgan fingerprint density at radius 1 is 1.05 bits per heavy atom. The third-order valence-electron chi connectivity index (χ3n) is 3.35. The second-order valence-corrected chi connectivity index (χ2v) is 4.41. The van der Waals surface area contributed by atoms with E-state index < -0.39 is 17.7 Å². The van der Waals surface area contributed by atoms with Crippen LogP contribution >= 0.6 is 0 Å². The number of aliphatic hydroxyl groups excluding tert-OH is 1. The van der Waals surface area contributed by atoms with E-state index in [0.717, 1.165) is 0 Å². The van der Waals surface area contributed by atoms with Gasteiger partial charge in [-0.15, -0.1) is 0 Å². The van der Waals surface area contributed by atoms with Gasteiger partial charge in [-0.2, -0.15) is 0 Å². The van der Waals surface area contributed by atoms with Crippen LogP contribution in [0.25, 0.3) is 0 Å². The van der Waals surface area contributed by atoms with Gasteiger partial charge in [0.25, 0.3) is 0 Å². The van der Waals surface area contributed by atoms with E-state index >= 15 is 0 Å². The van der Waals surface area contributed by atoms with E-state index in [-0.39, 0.29) is 31.0 Å². The van der Waals surface area contributed by atoms with Crippen molar-refractivity contribution in [1.29, 1.82) is 0 Å². The molecule has 0 aliphatic carbocycles. The number of carboxylic acids is 1. The van der Waals surface area contributed by atoms with Gasteiger partial charge in [0, 0.05) is 7.11 Å². The van der Waals surface area contributed by atoms with Crippen LogP contribution in [0.3, 0.4) is 0 Å². The van der Waals surface area contributed by atoms with Crippen LogP contribution in [0, 0.1) is 0 Å². The number of hydrogen-bond donors (Lipinski definition) is 2. The SMILES string of the molecule is COC(c1ccccc1)(c1ccccc1)[C@H](O)C(=O)O.[H-].[Na+]. The maximum atomic E-state index is 11.3. The zero-order valence-electron chi connectivity index (χ0n) is 13.1. The van der Waals surface area contributed by atoms with Crippen molar-refractivity contribution in [3.8, 4) is 0 Å². The number of hydrogen-bond acceptors (Lipinski definition) is 3. The average Bonchev–Trinajstić information content (AvgIpc) is 2.50. The third kappa shape index (κ3) is 3.36. The number of rotatable bonds is 5. The molecule has 2 N–H and O–H groups in total. The number of aliphatic hydroxyl groups is 1. The molecule has 0 fully saturated rings. The van der Waals surface area contributed by atoms with Crippen LogP contribution in [0.15, 0.2) is 60.7 Å². The molecule has 2 rings (SSSR count). The Morgan fingerprint density at radius 2 is 1.43 bits per heavy atom. The van der Waals surface area contributed by atoms with Crippen LogP contribution in [0.5, 0.6) is 0 Å². The van der Waals surface area contributed by atoms with Gasteiger partial charge in [0.2, 0.25) is 0 Å². The summed E-state index contributed by atoms with van der Waals surface area (Å²) in [6.45, 7) is 0. The summed E-state index contributed by atoms with van der Waals surface area (Å²) < 4.78 is 5.50. The van der Waals surface area contributed by atoms with Crippen molar-refractivity contribution in [1.82, 2.24) is 0 Å². The van der Waals surface area contributed by atoms with E-state index in [1.54, 1.807) is 48.5 Å². The Bertz CT molecular complexity index is 538. The molecule has 0 aliphatic heterocycles. The standard InChI is InChI=1S/C16H16O4.Na.H/c1-20-16(14(17)15(18)19,12-8-4-2-5-9-12)13-10-6-3-7-11-13;;/h2-11,14,17H,1H3,(H,18,19);;/q;+1;-1/t14-;;/m1../s1. The monoisotopic (exact) mass is 296 g/mol. The first-order chi connectivity index (χ1) is 9.63. The van der Waals surface area contributed by atoms with Crippen molar-refractivity contribution >= 4 is 5.97 Å². The Morgan fingerprint density at radius 3 is 1.71 bits per heavy atom.